The largest absolute Gasteiger partial charge is 0.319 e. The van der Waals surface area contributed by atoms with Crippen molar-refractivity contribution in [2.45, 2.75) is 33.7 Å². The fourth-order valence-corrected chi connectivity index (χ4v) is 2.73. The maximum Gasteiger partial charge on any atom is 0.293 e. The molecule has 26 heavy (non-hydrogen) atoms. The fourth-order valence-electron chi connectivity index (χ4n) is 2.73. The molecule has 6 nitrogen and oxygen atoms in total. The topological polar surface area (TPSA) is 75.5 Å². The zero-order valence-electron chi connectivity index (χ0n) is 15.7. The Morgan fingerprint density at radius 3 is 2.27 bits per heavy atom. The first-order chi connectivity index (χ1) is 12.3. The number of aryl methyl sites for hydroxylation is 3. The molecule has 0 aliphatic rings. The molecule has 0 saturated heterocycles. The molecule has 1 amide bonds. The van der Waals surface area contributed by atoms with Gasteiger partial charge in [0, 0.05) is 12.6 Å². The fraction of sp³-hybridized carbons (Fsp3) is 0.350. The molecule has 0 atom stereocenters. The monoisotopic (exact) mass is 355 g/mol. The summed E-state index contributed by atoms with van der Waals surface area (Å²) < 4.78 is 0. The van der Waals surface area contributed by atoms with Crippen molar-refractivity contribution in [2.24, 2.45) is 0 Å². The molecule has 2 aromatic carbocycles. The SMILES string of the molecule is CCc1ccc(CN(C)CC(=O)Nc2cc(C)c(C)cc2[N+](=O)[O-])cc1. The quantitative estimate of drug-likeness (QED) is 0.605. The minimum Gasteiger partial charge on any atom is -0.319 e. The molecule has 2 rings (SSSR count). The average molecular weight is 355 g/mol. The molecule has 0 aliphatic carbocycles. The van der Waals surface area contributed by atoms with Crippen molar-refractivity contribution in [1.82, 2.24) is 4.90 Å². The van der Waals surface area contributed by atoms with Crippen LogP contribution in [-0.2, 0) is 17.8 Å². The number of likely N-dealkylation sites (N-methyl/N-ethyl adjacent to an activating group) is 1. The predicted molar refractivity (Wildman–Crippen MR) is 103 cm³/mol. The smallest absolute Gasteiger partial charge is 0.293 e. The van der Waals surface area contributed by atoms with Crippen LogP contribution in [-0.4, -0.2) is 29.3 Å². The summed E-state index contributed by atoms with van der Waals surface area (Å²) in [6, 6.07) is 11.4. The van der Waals surface area contributed by atoms with Crippen molar-refractivity contribution < 1.29 is 9.72 Å². The number of hydrogen-bond donors (Lipinski definition) is 1. The lowest BCUT2D eigenvalue weighted by Crippen LogP contribution is -2.30. The van der Waals surface area contributed by atoms with E-state index in [9.17, 15) is 14.9 Å². The van der Waals surface area contributed by atoms with Gasteiger partial charge in [-0.1, -0.05) is 31.2 Å². The highest BCUT2D eigenvalue weighted by molar-refractivity contribution is 5.94. The molecule has 2 aromatic rings. The minimum atomic E-state index is -0.471. The number of carbonyl (C=O) groups is 1. The van der Waals surface area contributed by atoms with Crippen molar-refractivity contribution >= 4 is 17.3 Å². The molecule has 0 heterocycles. The van der Waals surface area contributed by atoms with Crippen molar-refractivity contribution in [3.05, 3.63) is 68.8 Å². The van der Waals surface area contributed by atoms with E-state index in [1.807, 2.05) is 25.8 Å². The van der Waals surface area contributed by atoms with Crippen LogP contribution in [0, 0.1) is 24.0 Å². The van der Waals surface area contributed by atoms with Crippen LogP contribution < -0.4 is 5.32 Å². The number of rotatable bonds is 7. The van der Waals surface area contributed by atoms with Crippen LogP contribution in [0.2, 0.25) is 0 Å². The van der Waals surface area contributed by atoms with Crippen LogP contribution >= 0.6 is 0 Å². The standard InChI is InChI=1S/C20H25N3O3/c1-5-16-6-8-17(9-7-16)12-22(4)13-20(24)21-18-10-14(2)15(3)11-19(18)23(25)26/h6-11H,5,12-13H2,1-4H3,(H,21,24). The molecular weight excluding hydrogens is 330 g/mol. The van der Waals surface area contributed by atoms with Gasteiger partial charge in [-0.15, -0.1) is 0 Å². The van der Waals surface area contributed by atoms with Gasteiger partial charge in [-0.3, -0.25) is 19.8 Å². The Kier molecular flexibility index (Phi) is 6.46. The summed E-state index contributed by atoms with van der Waals surface area (Å²) in [6.07, 6.45) is 0.993. The molecule has 0 saturated carbocycles. The normalized spacial score (nSPS) is 10.8. The van der Waals surface area contributed by atoms with Crippen LogP contribution in [0.3, 0.4) is 0 Å². The summed E-state index contributed by atoms with van der Waals surface area (Å²) in [5, 5.41) is 13.9. The van der Waals surface area contributed by atoms with E-state index in [2.05, 4.69) is 36.5 Å². The predicted octanol–water partition coefficient (Wildman–Crippen LogP) is 3.84. The molecule has 0 aromatic heterocycles. The molecule has 0 fully saturated rings. The summed E-state index contributed by atoms with van der Waals surface area (Å²) >= 11 is 0. The molecule has 0 bridgehead atoms. The number of anilines is 1. The Balaban J connectivity index is 2.01. The zero-order valence-corrected chi connectivity index (χ0v) is 15.7. The third-order valence-electron chi connectivity index (χ3n) is 4.38. The Hall–Kier alpha value is -2.73. The van der Waals surface area contributed by atoms with Crippen LogP contribution in [0.5, 0.6) is 0 Å². The summed E-state index contributed by atoms with van der Waals surface area (Å²) in [5.41, 5.74) is 4.27. The van der Waals surface area contributed by atoms with E-state index >= 15 is 0 Å². The van der Waals surface area contributed by atoms with Gasteiger partial charge in [-0.05, 0) is 55.6 Å². The Labute approximate surface area is 154 Å². The molecule has 138 valence electrons. The Morgan fingerprint density at radius 1 is 1.12 bits per heavy atom. The van der Waals surface area contributed by atoms with Gasteiger partial charge >= 0.3 is 0 Å². The van der Waals surface area contributed by atoms with Crippen LogP contribution in [0.25, 0.3) is 0 Å². The van der Waals surface area contributed by atoms with Crippen molar-refractivity contribution in [3.8, 4) is 0 Å². The second-order valence-electron chi connectivity index (χ2n) is 6.60. The first-order valence-electron chi connectivity index (χ1n) is 8.62. The van der Waals surface area contributed by atoms with E-state index in [4.69, 9.17) is 0 Å². The molecule has 1 N–H and O–H groups in total. The van der Waals surface area contributed by atoms with Gasteiger partial charge < -0.3 is 5.32 Å². The number of carbonyl (C=O) groups excluding carboxylic acids is 1. The van der Waals surface area contributed by atoms with Gasteiger partial charge in [0.25, 0.3) is 5.69 Å². The zero-order chi connectivity index (χ0) is 19.3. The van der Waals surface area contributed by atoms with Crippen LogP contribution in [0.1, 0.15) is 29.2 Å². The lowest BCUT2D eigenvalue weighted by Gasteiger charge is -2.17. The molecule has 0 unspecified atom stereocenters. The van der Waals surface area contributed by atoms with Crippen molar-refractivity contribution in [2.75, 3.05) is 18.9 Å². The number of benzene rings is 2. The van der Waals surface area contributed by atoms with Gasteiger partial charge in [0.15, 0.2) is 0 Å². The number of nitrogens with zero attached hydrogens (tertiary/aromatic N) is 2. The molecular formula is C20H25N3O3. The maximum absolute atomic E-state index is 12.3. The lowest BCUT2D eigenvalue weighted by atomic mass is 10.1. The van der Waals surface area contributed by atoms with E-state index < -0.39 is 4.92 Å². The summed E-state index contributed by atoms with van der Waals surface area (Å²) in [4.78, 5) is 24.9. The minimum absolute atomic E-state index is 0.0840. The lowest BCUT2D eigenvalue weighted by molar-refractivity contribution is -0.384. The van der Waals surface area contributed by atoms with E-state index in [0.29, 0.717) is 6.54 Å². The van der Waals surface area contributed by atoms with Gasteiger partial charge in [0.05, 0.1) is 11.5 Å². The second kappa shape index (κ2) is 8.58. The highest BCUT2D eigenvalue weighted by Crippen LogP contribution is 2.27. The second-order valence-corrected chi connectivity index (χ2v) is 6.60. The Morgan fingerprint density at radius 2 is 1.69 bits per heavy atom. The van der Waals surface area contributed by atoms with Crippen molar-refractivity contribution in [3.63, 3.8) is 0 Å². The first-order valence-corrected chi connectivity index (χ1v) is 8.62. The molecule has 0 aliphatic heterocycles. The van der Waals surface area contributed by atoms with Gasteiger partial charge in [0.2, 0.25) is 5.91 Å². The summed E-state index contributed by atoms with van der Waals surface area (Å²) in [7, 11) is 1.85. The molecule has 6 heteroatoms. The number of nitro groups is 1. The number of nitro benzene ring substituents is 1. The third kappa shape index (κ3) is 5.13. The van der Waals surface area contributed by atoms with Gasteiger partial charge in [0.1, 0.15) is 5.69 Å². The highest BCUT2D eigenvalue weighted by Gasteiger charge is 2.18. The summed E-state index contributed by atoms with van der Waals surface area (Å²) in [6.45, 7) is 6.57. The number of amides is 1. The van der Waals surface area contributed by atoms with Crippen LogP contribution in [0.4, 0.5) is 11.4 Å². The molecule has 0 spiro atoms. The van der Waals surface area contributed by atoms with Crippen LogP contribution in [0.15, 0.2) is 36.4 Å². The molecule has 0 radical (unpaired) electrons. The number of nitrogens with one attached hydrogen (secondary N) is 1. The van der Waals surface area contributed by atoms with Gasteiger partial charge in [-0.2, -0.15) is 0 Å². The van der Waals surface area contributed by atoms with Gasteiger partial charge in [-0.25, -0.2) is 0 Å². The number of hydrogen-bond acceptors (Lipinski definition) is 4. The van der Waals surface area contributed by atoms with E-state index in [1.165, 1.54) is 11.6 Å². The first kappa shape index (κ1) is 19.6. The maximum atomic E-state index is 12.3. The van der Waals surface area contributed by atoms with E-state index in [1.54, 1.807) is 6.07 Å². The van der Waals surface area contributed by atoms with E-state index in [-0.39, 0.29) is 23.8 Å². The van der Waals surface area contributed by atoms with E-state index in [0.717, 1.165) is 23.1 Å². The highest BCUT2D eigenvalue weighted by atomic mass is 16.6. The Bertz CT molecular complexity index is 801. The third-order valence-corrected chi connectivity index (χ3v) is 4.38. The van der Waals surface area contributed by atoms with Crippen molar-refractivity contribution in [1.29, 1.82) is 0 Å². The average Bonchev–Trinajstić information content (AvgIpc) is 2.58. The summed E-state index contributed by atoms with van der Waals surface area (Å²) in [5.74, 6) is -0.274.